The van der Waals surface area contributed by atoms with Crippen LogP contribution in [0.4, 0.5) is 5.13 Å². The summed E-state index contributed by atoms with van der Waals surface area (Å²) in [5.41, 5.74) is 6.19. The Kier molecular flexibility index (Phi) is 5.31. The van der Waals surface area contributed by atoms with Crippen LogP contribution in [0.25, 0.3) is 26.8 Å². The zero-order valence-corrected chi connectivity index (χ0v) is 20.3. The molecule has 0 saturated carbocycles. The Hall–Kier alpha value is -2.68. The second-order valence-electron chi connectivity index (χ2n) is 7.86. The molecule has 6 nitrogen and oxygen atoms in total. The minimum absolute atomic E-state index is 0.138. The van der Waals surface area contributed by atoms with E-state index in [4.69, 9.17) is 11.6 Å². The fraction of sp³-hybridized carbons (Fsp3) is 0.217. The highest BCUT2D eigenvalue weighted by atomic mass is 35.5. The molecule has 0 fully saturated rings. The lowest BCUT2D eigenvalue weighted by molar-refractivity contribution is -0.115. The van der Waals surface area contributed by atoms with Crippen molar-refractivity contribution in [2.45, 2.75) is 38.1 Å². The molecule has 0 saturated heterocycles. The van der Waals surface area contributed by atoms with Crippen LogP contribution < -0.4 is 5.32 Å². The molecule has 2 aromatic carbocycles. The van der Waals surface area contributed by atoms with E-state index in [1.165, 1.54) is 34.0 Å². The molecule has 0 radical (unpaired) electrons. The standard InChI is InChI=1S/C23H20ClN5OS2/c1-11-7-13(3)20-16(8-11)12(2)9-19-27-28-23(29(19)20)31-14(4)21(30)26-22-25-17-6-5-15(24)10-18(17)32-22/h5-10,14H,1-4H3,(H,25,26,30). The molecule has 0 bridgehead atoms. The molecule has 0 aliphatic carbocycles. The maximum atomic E-state index is 12.9. The summed E-state index contributed by atoms with van der Waals surface area (Å²) in [4.78, 5) is 17.4. The van der Waals surface area contributed by atoms with Crippen LogP contribution in [-0.2, 0) is 4.79 Å². The summed E-state index contributed by atoms with van der Waals surface area (Å²) < 4.78 is 2.98. The number of amides is 1. The highest BCUT2D eigenvalue weighted by molar-refractivity contribution is 8.00. The molecule has 1 N–H and O–H groups in total. The third kappa shape index (κ3) is 3.72. The maximum Gasteiger partial charge on any atom is 0.239 e. The van der Waals surface area contributed by atoms with Crippen LogP contribution >= 0.6 is 34.7 Å². The average molecular weight is 482 g/mol. The molecule has 1 unspecified atom stereocenters. The van der Waals surface area contributed by atoms with Crippen LogP contribution in [0.2, 0.25) is 5.02 Å². The number of carbonyl (C=O) groups is 1. The van der Waals surface area contributed by atoms with E-state index in [1.54, 1.807) is 6.07 Å². The number of halogens is 1. The number of aromatic nitrogens is 4. The molecule has 9 heteroatoms. The zero-order valence-electron chi connectivity index (χ0n) is 17.9. The van der Waals surface area contributed by atoms with Crippen molar-refractivity contribution in [3.05, 3.63) is 58.1 Å². The molecule has 0 spiro atoms. The summed E-state index contributed by atoms with van der Waals surface area (Å²) in [5.74, 6) is -0.138. The van der Waals surface area contributed by atoms with Gasteiger partial charge in [0.2, 0.25) is 5.91 Å². The molecule has 1 amide bonds. The van der Waals surface area contributed by atoms with Crippen LogP contribution in [0.15, 0.2) is 41.6 Å². The Bertz CT molecular complexity index is 1520. The molecule has 3 aromatic heterocycles. The number of carbonyl (C=O) groups excluding carboxylic acids is 1. The van der Waals surface area contributed by atoms with Crippen LogP contribution in [-0.4, -0.2) is 30.7 Å². The van der Waals surface area contributed by atoms with E-state index in [0.29, 0.717) is 15.3 Å². The third-order valence-corrected chi connectivity index (χ3v) is 7.54. The Labute approximate surface area is 198 Å². The number of hydrogen-bond donors (Lipinski definition) is 1. The molecule has 5 rings (SSSR count). The number of thioether (sulfide) groups is 1. The number of pyridine rings is 1. The Morgan fingerprint density at radius 3 is 2.75 bits per heavy atom. The van der Waals surface area contributed by atoms with Gasteiger partial charge in [0.1, 0.15) is 0 Å². The fourth-order valence-electron chi connectivity index (χ4n) is 3.86. The Morgan fingerprint density at radius 2 is 1.94 bits per heavy atom. The molecule has 32 heavy (non-hydrogen) atoms. The molecular formula is C23H20ClN5OS2. The summed E-state index contributed by atoms with van der Waals surface area (Å²) in [7, 11) is 0. The van der Waals surface area contributed by atoms with Crippen molar-refractivity contribution in [3.63, 3.8) is 0 Å². The van der Waals surface area contributed by atoms with Crippen molar-refractivity contribution in [1.82, 2.24) is 19.6 Å². The van der Waals surface area contributed by atoms with Crippen LogP contribution in [0.1, 0.15) is 23.6 Å². The van der Waals surface area contributed by atoms with Gasteiger partial charge in [-0.05, 0) is 69.2 Å². The van der Waals surface area contributed by atoms with Crippen molar-refractivity contribution in [2.24, 2.45) is 0 Å². The largest absolute Gasteiger partial charge is 0.301 e. The van der Waals surface area contributed by atoms with Gasteiger partial charge in [-0.2, -0.15) is 0 Å². The maximum absolute atomic E-state index is 12.9. The van der Waals surface area contributed by atoms with E-state index in [-0.39, 0.29) is 11.2 Å². The highest BCUT2D eigenvalue weighted by Crippen LogP contribution is 2.32. The number of aryl methyl sites for hydroxylation is 3. The fourth-order valence-corrected chi connectivity index (χ4v) is 5.87. The number of nitrogens with zero attached hydrogens (tertiary/aromatic N) is 4. The minimum Gasteiger partial charge on any atom is -0.301 e. The van der Waals surface area contributed by atoms with E-state index in [0.717, 1.165) is 32.5 Å². The first kappa shape index (κ1) is 21.2. The molecular weight excluding hydrogens is 462 g/mol. The van der Waals surface area contributed by atoms with Gasteiger partial charge in [0.25, 0.3) is 0 Å². The molecule has 0 aliphatic heterocycles. The van der Waals surface area contributed by atoms with Gasteiger partial charge in [0.15, 0.2) is 15.9 Å². The van der Waals surface area contributed by atoms with E-state index in [9.17, 15) is 4.79 Å². The first-order chi connectivity index (χ1) is 15.3. The molecule has 5 aromatic rings. The van der Waals surface area contributed by atoms with Gasteiger partial charge < -0.3 is 5.32 Å². The van der Waals surface area contributed by atoms with Crippen molar-refractivity contribution >= 4 is 72.5 Å². The predicted molar refractivity (Wildman–Crippen MR) is 133 cm³/mol. The second-order valence-corrected chi connectivity index (χ2v) is 10.6. The van der Waals surface area contributed by atoms with E-state index < -0.39 is 0 Å². The topological polar surface area (TPSA) is 72.2 Å². The number of anilines is 1. The van der Waals surface area contributed by atoms with Gasteiger partial charge >= 0.3 is 0 Å². The first-order valence-corrected chi connectivity index (χ1v) is 12.2. The van der Waals surface area contributed by atoms with Gasteiger partial charge in [-0.3, -0.25) is 9.20 Å². The SMILES string of the molecule is Cc1cc(C)c2c(c1)c(C)cc1nnc(SC(C)C(=O)Nc3nc4ccc(Cl)cc4s3)n12. The smallest absolute Gasteiger partial charge is 0.239 e. The average Bonchev–Trinajstić information content (AvgIpc) is 3.30. The molecule has 3 heterocycles. The first-order valence-electron chi connectivity index (χ1n) is 10.1. The number of hydrogen-bond acceptors (Lipinski definition) is 6. The molecule has 1 atom stereocenters. The van der Waals surface area contributed by atoms with Gasteiger partial charge in [-0.1, -0.05) is 46.3 Å². The normalized spacial score (nSPS) is 12.7. The van der Waals surface area contributed by atoms with Crippen molar-refractivity contribution in [1.29, 1.82) is 0 Å². The summed E-state index contributed by atoms with van der Waals surface area (Å²) >= 11 is 8.84. The summed E-state index contributed by atoms with van der Waals surface area (Å²) in [5, 5.41) is 14.4. The predicted octanol–water partition coefficient (Wildman–Crippen LogP) is 6.19. The monoisotopic (exact) mass is 481 g/mol. The number of rotatable bonds is 4. The Balaban J connectivity index is 1.45. The van der Waals surface area contributed by atoms with E-state index in [2.05, 4.69) is 53.4 Å². The van der Waals surface area contributed by atoms with Crippen molar-refractivity contribution in [3.8, 4) is 0 Å². The number of fused-ring (bicyclic) bond motifs is 4. The van der Waals surface area contributed by atoms with Gasteiger partial charge in [0.05, 0.1) is 21.0 Å². The lowest BCUT2D eigenvalue weighted by Gasteiger charge is -2.13. The quantitative estimate of drug-likeness (QED) is 0.310. The van der Waals surface area contributed by atoms with Crippen LogP contribution in [0, 0.1) is 20.8 Å². The van der Waals surface area contributed by atoms with Gasteiger partial charge in [-0.25, -0.2) is 4.98 Å². The van der Waals surface area contributed by atoms with Crippen molar-refractivity contribution < 1.29 is 4.79 Å². The number of nitrogens with one attached hydrogen (secondary N) is 1. The summed E-state index contributed by atoms with van der Waals surface area (Å²) in [6.45, 7) is 8.14. The summed E-state index contributed by atoms with van der Waals surface area (Å²) in [6, 6.07) is 11.9. The Morgan fingerprint density at radius 1 is 1.12 bits per heavy atom. The second kappa shape index (κ2) is 8.03. The molecule has 162 valence electrons. The lowest BCUT2D eigenvalue weighted by atomic mass is 10.0. The van der Waals surface area contributed by atoms with Crippen LogP contribution in [0.3, 0.4) is 0 Å². The molecule has 0 aliphatic rings. The van der Waals surface area contributed by atoms with E-state index in [1.807, 2.05) is 29.5 Å². The van der Waals surface area contributed by atoms with E-state index >= 15 is 0 Å². The van der Waals surface area contributed by atoms with Gasteiger partial charge in [0, 0.05) is 10.4 Å². The lowest BCUT2D eigenvalue weighted by Crippen LogP contribution is -2.22. The van der Waals surface area contributed by atoms with Crippen LogP contribution in [0.5, 0.6) is 0 Å². The van der Waals surface area contributed by atoms with Crippen molar-refractivity contribution in [2.75, 3.05) is 5.32 Å². The summed E-state index contributed by atoms with van der Waals surface area (Å²) in [6.07, 6.45) is 0. The minimum atomic E-state index is -0.389. The third-order valence-electron chi connectivity index (χ3n) is 5.33. The van der Waals surface area contributed by atoms with Gasteiger partial charge in [-0.15, -0.1) is 10.2 Å². The zero-order chi connectivity index (χ0) is 22.6. The number of benzene rings is 2. The number of thiazole rings is 1. The highest BCUT2D eigenvalue weighted by Gasteiger charge is 2.21.